The zero-order chi connectivity index (χ0) is 21.0. The summed E-state index contributed by atoms with van der Waals surface area (Å²) in [5.41, 5.74) is 1.30. The number of carbonyl (C=O) groups excluding carboxylic acids is 1. The van der Waals surface area contributed by atoms with Crippen molar-refractivity contribution in [3.05, 3.63) is 71.8 Å². The number of hydrogen-bond donors (Lipinski definition) is 1. The maximum atomic E-state index is 13.3. The van der Waals surface area contributed by atoms with Gasteiger partial charge in [0.2, 0.25) is 5.91 Å². The van der Waals surface area contributed by atoms with Crippen LogP contribution in [0.3, 0.4) is 0 Å². The number of fused-ring (bicyclic) bond motifs is 1. The predicted octanol–water partition coefficient (Wildman–Crippen LogP) is 4.99. The molecule has 1 heterocycles. The number of piperidine rings is 1. The van der Waals surface area contributed by atoms with E-state index in [-0.39, 0.29) is 17.9 Å². The number of benzene rings is 2. The van der Waals surface area contributed by atoms with E-state index in [4.69, 9.17) is 4.74 Å². The third-order valence-electron chi connectivity index (χ3n) is 6.61. The number of hydrogen-bond acceptors (Lipinski definition) is 3. The fourth-order valence-electron chi connectivity index (χ4n) is 5.15. The van der Waals surface area contributed by atoms with Crippen LogP contribution in [0.5, 0.6) is 5.75 Å². The van der Waals surface area contributed by atoms with E-state index in [0.717, 1.165) is 42.6 Å². The van der Waals surface area contributed by atoms with Crippen LogP contribution >= 0.6 is 0 Å². The maximum absolute atomic E-state index is 13.3. The molecule has 4 nitrogen and oxygen atoms in total. The molecule has 0 aromatic heterocycles. The second kappa shape index (κ2) is 9.05. The molecule has 2 aliphatic rings. The van der Waals surface area contributed by atoms with Gasteiger partial charge in [-0.3, -0.25) is 4.79 Å². The third-order valence-corrected chi connectivity index (χ3v) is 6.61. The van der Waals surface area contributed by atoms with Gasteiger partial charge in [0.05, 0.1) is 18.2 Å². The molecule has 1 amide bonds. The Morgan fingerprint density at radius 3 is 2.70 bits per heavy atom. The highest BCUT2D eigenvalue weighted by Crippen LogP contribution is 2.50. The lowest BCUT2D eigenvalue weighted by molar-refractivity contribution is -0.151. The average molecular weight is 406 g/mol. The fraction of sp³-hybridized carbons (Fsp3) is 0.423. The van der Waals surface area contributed by atoms with E-state index in [2.05, 4.69) is 6.07 Å². The van der Waals surface area contributed by atoms with E-state index in [0.29, 0.717) is 19.6 Å². The summed E-state index contributed by atoms with van der Waals surface area (Å²) in [7, 11) is 0. The van der Waals surface area contributed by atoms with E-state index in [1.165, 1.54) is 0 Å². The Balaban J connectivity index is 1.70. The summed E-state index contributed by atoms with van der Waals surface area (Å²) < 4.78 is 5.92. The molecule has 1 aliphatic carbocycles. The van der Waals surface area contributed by atoms with E-state index < -0.39 is 5.60 Å². The van der Waals surface area contributed by atoms with Gasteiger partial charge >= 0.3 is 0 Å². The van der Waals surface area contributed by atoms with E-state index in [1.54, 1.807) is 6.08 Å². The Morgan fingerprint density at radius 2 is 1.90 bits per heavy atom. The molecular formula is C26H31NO3. The second-order valence-corrected chi connectivity index (χ2v) is 8.40. The largest absolute Gasteiger partial charge is 0.494 e. The van der Waals surface area contributed by atoms with Crippen molar-refractivity contribution in [2.24, 2.45) is 5.92 Å². The molecule has 158 valence electrons. The first-order chi connectivity index (χ1) is 14.6. The smallest absolute Gasteiger partial charge is 0.247 e. The van der Waals surface area contributed by atoms with E-state index >= 15 is 0 Å². The van der Waals surface area contributed by atoms with Crippen LogP contribution in [0, 0.1) is 5.92 Å². The standard InChI is InChI=1S/C26H31NO3/c1-2-30-23-14-7-6-12-21(23)25-22-13-8-9-17-26(22,29)18-19-27(25)24(28)16-15-20-10-4-3-5-11-20/h3-7,10-12,14-16,22,25,29H,2,8-9,13,17-19H2,1H3/t22-,25+,26+/m1/s1. The van der Waals surface area contributed by atoms with Gasteiger partial charge in [-0.25, -0.2) is 0 Å². The Labute approximate surface area is 179 Å². The van der Waals surface area contributed by atoms with Gasteiger partial charge in [0, 0.05) is 24.1 Å². The lowest BCUT2D eigenvalue weighted by Crippen LogP contribution is -2.56. The molecule has 2 fully saturated rings. The lowest BCUT2D eigenvalue weighted by Gasteiger charge is -2.52. The van der Waals surface area contributed by atoms with Gasteiger partial charge in [-0.15, -0.1) is 0 Å². The second-order valence-electron chi connectivity index (χ2n) is 8.40. The molecule has 1 saturated carbocycles. The average Bonchev–Trinajstić information content (AvgIpc) is 2.78. The molecule has 0 unspecified atom stereocenters. The van der Waals surface area contributed by atoms with Crippen LogP contribution in [0.2, 0.25) is 0 Å². The van der Waals surface area contributed by atoms with Gasteiger partial charge in [-0.2, -0.15) is 0 Å². The minimum atomic E-state index is -0.706. The van der Waals surface area contributed by atoms with Crippen molar-refractivity contribution in [3.8, 4) is 5.75 Å². The molecule has 1 aliphatic heterocycles. The number of rotatable bonds is 5. The zero-order valence-electron chi connectivity index (χ0n) is 17.7. The van der Waals surface area contributed by atoms with Crippen LogP contribution in [-0.4, -0.2) is 34.7 Å². The number of carbonyl (C=O) groups is 1. The fourth-order valence-corrected chi connectivity index (χ4v) is 5.15. The zero-order valence-corrected chi connectivity index (χ0v) is 17.7. The maximum Gasteiger partial charge on any atom is 0.247 e. The minimum Gasteiger partial charge on any atom is -0.494 e. The molecule has 1 saturated heterocycles. The van der Waals surface area contributed by atoms with Gasteiger partial charge < -0.3 is 14.7 Å². The predicted molar refractivity (Wildman–Crippen MR) is 119 cm³/mol. The molecule has 3 atom stereocenters. The highest BCUT2D eigenvalue weighted by molar-refractivity contribution is 5.92. The number of para-hydroxylation sites is 1. The monoisotopic (exact) mass is 405 g/mol. The van der Waals surface area contributed by atoms with Gasteiger partial charge in [-0.05, 0) is 43.9 Å². The molecule has 4 heteroatoms. The van der Waals surface area contributed by atoms with Crippen LogP contribution in [0.15, 0.2) is 60.7 Å². The number of ether oxygens (including phenoxy) is 1. The molecule has 2 aromatic rings. The topological polar surface area (TPSA) is 49.8 Å². The number of amides is 1. The molecule has 0 bridgehead atoms. The molecule has 1 N–H and O–H groups in total. The molecule has 2 aromatic carbocycles. The summed E-state index contributed by atoms with van der Waals surface area (Å²) in [6.07, 6.45) is 8.04. The molecular weight excluding hydrogens is 374 g/mol. The number of nitrogens with zero attached hydrogens (tertiary/aromatic N) is 1. The highest BCUT2D eigenvalue weighted by atomic mass is 16.5. The lowest BCUT2D eigenvalue weighted by atomic mass is 9.66. The Hall–Kier alpha value is -2.59. The Bertz CT molecular complexity index is 894. The van der Waals surface area contributed by atoms with Crippen molar-refractivity contribution in [2.75, 3.05) is 13.2 Å². The van der Waals surface area contributed by atoms with Crippen molar-refractivity contribution in [1.82, 2.24) is 4.90 Å². The van der Waals surface area contributed by atoms with Crippen LogP contribution in [0.4, 0.5) is 0 Å². The van der Waals surface area contributed by atoms with Crippen LogP contribution < -0.4 is 4.74 Å². The molecule has 0 spiro atoms. The Morgan fingerprint density at radius 1 is 1.13 bits per heavy atom. The van der Waals surface area contributed by atoms with Crippen LogP contribution in [0.1, 0.15) is 56.2 Å². The minimum absolute atomic E-state index is 0.0113. The van der Waals surface area contributed by atoms with Crippen molar-refractivity contribution in [1.29, 1.82) is 0 Å². The van der Waals surface area contributed by atoms with Crippen LogP contribution in [-0.2, 0) is 4.79 Å². The summed E-state index contributed by atoms with van der Waals surface area (Å²) in [6.45, 7) is 3.09. The third kappa shape index (κ3) is 4.15. The normalized spacial score (nSPS) is 26.4. The van der Waals surface area contributed by atoms with Gasteiger partial charge in [-0.1, -0.05) is 61.4 Å². The van der Waals surface area contributed by atoms with Gasteiger partial charge in [0.1, 0.15) is 5.75 Å². The quantitative estimate of drug-likeness (QED) is 0.713. The summed E-state index contributed by atoms with van der Waals surface area (Å²) in [5, 5.41) is 11.5. The molecule has 30 heavy (non-hydrogen) atoms. The SMILES string of the molecule is CCOc1ccccc1[C@H]1[C@H]2CCCC[C@]2(O)CCN1C(=O)C=Cc1ccccc1. The first-order valence-corrected chi connectivity index (χ1v) is 11.1. The number of aliphatic hydroxyl groups is 1. The van der Waals surface area contributed by atoms with Crippen molar-refractivity contribution < 1.29 is 14.6 Å². The van der Waals surface area contributed by atoms with E-state index in [9.17, 15) is 9.90 Å². The molecule has 0 radical (unpaired) electrons. The van der Waals surface area contributed by atoms with Crippen LogP contribution in [0.25, 0.3) is 6.08 Å². The first kappa shape index (κ1) is 20.7. The number of likely N-dealkylation sites (tertiary alicyclic amines) is 1. The molecule has 4 rings (SSSR count). The Kier molecular flexibility index (Phi) is 6.24. The first-order valence-electron chi connectivity index (χ1n) is 11.1. The summed E-state index contributed by atoms with van der Waals surface area (Å²) in [6, 6.07) is 17.7. The van der Waals surface area contributed by atoms with Gasteiger partial charge in [0.25, 0.3) is 0 Å². The summed E-state index contributed by atoms with van der Waals surface area (Å²) in [5.74, 6) is 0.822. The van der Waals surface area contributed by atoms with Crippen molar-refractivity contribution >= 4 is 12.0 Å². The van der Waals surface area contributed by atoms with Gasteiger partial charge in [0.15, 0.2) is 0 Å². The summed E-state index contributed by atoms with van der Waals surface area (Å²) >= 11 is 0. The summed E-state index contributed by atoms with van der Waals surface area (Å²) in [4.78, 5) is 15.3. The highest BCUT2D eigenvalue weighted by Gasteiger charge is 2.50. The van der Waals surface area contributed by atoms with Crippen molar-refractivity contribution in [2.45, 2.75) is 50.7 Å². The van der Waals surface area contributed by atoms with E-state index in [1.807, 2.05) is 66.4 Å². The van der Waals surface area contributed by atoms with Crippen molar-refractivity contribution in [3.63, 3.8) is 0 Å².